The molecule has 1 aliphatic rings. The van der Waals surface area contributed by atoms with Gasteiger partial charge >= 0.3 is 0 Å². The molecule has 5 aromatic rings. The van der Waals surface area contributed by atoms with Crippen molar-refractivity contribution in [3.63, 3.8) is 0 Å². The van der Waals surface area contributed by atoms with Gasteiger partial charge in [-0.2, -0.15) is 0 Å². The third-order valence-corrected chi connectivity index (χ3v) is 19.5. The fourth-order valence-corrected chi connectivity index (χ4v) is 14.9. The standard InChI is InChI=1S/C32H35N2SSi.C17H32O2.Ir/c1-4-36(5-2,6-3)29-20-25(19-24-13-9-10-14-26(24)29)30-32-31(34-21-33-30)27-16-15-23(18-28(27)35-32)17-22-11-7-8-12-22;1-10(2)16(11(3)4)14(18)9-15(19)17(12(5)6)13(7)8;/h9-10,13-16,18,20-22H,4-8,11-12,17H2,1-3H3;9-13,16-18H,1-8H3;/q-1;;/b;14-9-;/i21D;;. The van der Waals surface area contributed by atoms with E-state index in [9.17, 15) is 9.90 Å². The molecule has 56 heavy (non-hydrogen) atoms. The van der Waals surface area contributed by atoms with Crippen molar-refractivity contribution in [1.82, 2.24) is 9.97 Å². The quantitative estimate of drug-likeness (QED) is 0.0521. The van der Waals surface area contributed by atoms with Gasteiger partial charge in [-0.05, 0) is 47.6 Å². The van der Waals surface area contributed by atoms with Gasteiger partial charge in [0.25, 0.3) is 0 Å². The first-order valence-corrected chi connectivity index (χ1v) is 24.7. The van der Waals surface area contributed by atoms with Crippen molar-refractivity contribution in [2.45, 2.75) is 126 Å². The maximum absolute atomic E-state index is 12.3. The van der Waals surface area contributed by atoms with E-state index in [1.54, 1.807) is 11.3 Å². The monoisotopic (exact) mass is 969 g/mol. The molecule has 1 fully saturated rings. The van der Waals surface area contributed by atoms with Crippen molar-refractivity contribution in [2.75, 3.05) is 0 Å². The summed E-state index contributed by atoms with van der Waals surface area (Å²) in [7, 11) is -1.67. The normalized spacial score (nSPS) is 14.5. The molecular formula is C49H67IrN2O2SSi-. The van der Waals surface area contributed by atoms with Crippen LogP contribution in [0.1, 0.15) is 109 Å². The van der Waals surface area contributed by atoms with Gasteiger partial charge in [-0.25, -0.2) is 4.98 Å². The van der Waals surface area contributed by atoms with E-state index >= 15 is 0 Å². The Labute approximate surface area is 358 Å². The molecule has 1 aliphatic carbocycles. The summed E-state index contributed by atoms with van der Waals surface area (Å²) in [5.74, 6) is 2.45. The van der Waals surface area contributed by atoms with Crippen molar-refractivity contribution in [1.29, 1.82) is 0 Å². The predicted molar refractivity (Wildman–Crippen MR) is 241 cm³/mol. The summed E-state index contributed by atoms with van der Waals surface area (Å²) in [5.41, 5.74) is 4.22. The number of nitrogens with zero attached hydrogens (tertiary/aromatic N) is 2. The number of hydrogen-bond donors (Lipinski definition) is 1. The number of aliphatic hydroxyl groups excluding tert-OH is 1. The van der Waals surface area contributed by atoms with E-state index in [2.05, 4.69) is 136 Å². The third kappa shape index (κ3) is 10.1. The van der Waals surface area contributed by atoms with E-state index in [1.165, 1.54) is 77.1 Å². The van der Waals surface area contributed by atoms with E-state index < -0.39 is 8.07 Å². The van der Waals surface area contributed by atoms with Crippen molar-refractivity contribution in [2.24, 2.45) is 41.4 Å². The average molecular weight is 969 g/mol. The first kappa shape index (κ1) is 44.4. The first-order valence-electron chi connectivity index (χ1n) is 21.7. The van der Waals surface area contributed by atoms with E-state index in [-0.39, 0.29) is 49.8 Å². The Morgan fingerprint density at radius 1 is 0.875 bits per heavy atom. The SMILES string of the molecule is CC(C)C(C(=O)/C=C(\O)C(C(C)C)C(C)C)C(C)C.[2H]c1nc(-c2[c-]c3ccccc3c([Si](CC)(CC)CC)c2)c2sc3cc(CC4CCCC4)ccc3c2n1.[Ir]. The van der Waals surface area contributed by atoms with Crippen LogP contribution in [0.5, 0.6) is 0 Å². The van der Waals surface area contributed by atoms with Gasteiger partial charge in [-0.3, -0.25) is 9.78 Å². The number of rotatable bonds is 14. The van der Waals surface area contributed by atoms with Crippen molar-refractivity contribution in [3.05, 3.63) is 78.3 Å². The molecule has 1 radical (unpaired) electrons. The van der Waals surface area contributed by atoms with Gasteiger partial charge in [0.2, 0.25) is 0 Å². The maximum Gasteiger partial charge on any atom is 0.162 e. The summed E-state index contributed by atoms with van der Waals surface area (Å²) in [5, 5.41) is 15.4. The van der Waals surface area contributed by atoms with Gasteiger partial charge in [0.05, 0.1) is 19.3 Å². The second-order valence-corrected chi connectivity index (χ2v) is 23.9. The molecule has 6 rings (SSSR count). The van der Waals surface area contributed by atoms with E-state index in [0.29, 0.717) is 23.7 Å². The summed E-state index contributed by atoms with van der Waals surface area (Å²) in [6, 6.07) is 25.3. The van der Waals surface area contributed by atoms with Crippen LogP contribution in [0.2, 0.25) is 18.1 Å². The largest absolute Gasteiger partial charge is 0.512 e. The van der Waals surface area contributed by atoms with Gasteiger partial charge in [0.1, 0.15) is 7.67 Å². The summed E-state index contributed by atoms with van der Waals surface area (Å²) < 4.78 is 10.8. The van der Waals surface area contributed by atoms with E-state index in [0.717, 1.165) is 38.2 Å². The summed E-state index contributed by atoms with van der Waals surface area (Å²) in [4.78, 5) is 21.7. The number of ketones is 1. The minimum absolute atomic E-state index is 0. The molecule has 0 unspecified atom stereocenters. The number of allylic oxidation sites excluding steroid dienone is 2. The molecule has 2 heterocycles. The van der Waals surface area contributed by atoms with Crippen molar-refractivity contribution >= 4 is 61.5 Å². The van der Waals surface area contributed by atoms with Gasteiger partial charge in [-0.1, -0.05) is 161 Å². The Morgan fingerprint density at radius 2 is 1.48 bits per heavy atom. The van der Waals surface area contributed by atoms with Gasteiger partial charge in [0, 0.05) is 58.5 Å². The zero-order valence-corrected chi connectivity index (χ0v) is 40.1. The zero-order chi connectivity index (χ0) is 40.9. The number of aromatic nitrogens is 2. The molecule has 0 spiro atoms. The second-order valence-electron chi connectivity index (χ2n) is 17.6. The fourth-order valence-electron chi connectivity index (χ4n) is 9.77. The third-order valence-electron chi connectivity index (χ3n) is 12.7. The predicted octanol–water partition coefficient (Wildman–Crippen LogP) is 13.8. The Bertz CT molecular complexity index is 2120. The van der Waals surface area contributed by atoms with Crippen molar-refractivity contribution in [3.8, 4) is 11.3 Å². The molecule has 3 aromatic carbocycles. The molecule has 0 atom stereocenters. The van der Waals surface area contributed by atoms with Crippen LogP contribution in [-0.4, -0.2) is 28.9 Å². The average Bonchev–Trinajstić information content (AvgIpc) is 3.79. The minimum atomic E-state index is -1.67. The van der Waals surface area contributed by atoms with Crippen LogP contribution in [0.4, 0.5) is 0 Å². The first-order chi connectivity index (χ1) is 26.6. The molecular weight excluding hydrogens is 901 g/mol. The fraction of sp³-hybridized carbons (Fsp3) is 0.531. The maximum atomic E-state index is 12.3. The molecule has 0 amide bonds. The molecule has 305 valence electrons. The Hall–Kier alpha value is -2.70. The molecule has 0 aliphatic heterocycles. The number of thiophene rings is 1. The van der Waals surface area contributed by atoms with Gasteiger partial charge in [0.15, 0.2) is 5.78 Å². The number of fused-ring (bicyclic) bond motifs is 4. The smallest absolute Gasteiger partial charge is 0.162 e. The molecule has 4 nitrogen and oxygen atoms in total. The number of benzene rings is 3. The molecule has 0 saturated heterocycles. The van der Waals surface area contributed by atoms with Gasteiger partial charge < -0.3 is 5.11 Å². The number of carbonyl (C=O) groups excluding carboxylic acids is 1. The zero-order valence-electron chi connectivity index (χ0n) is 36.9. The second kappa shape index (κ2) is 20.3. The van der Waals surface area contributed by atoms with Crippen LogP contribution in [0, 0.1) is 47.5 Å². The van der Waals surface area contributed by atoms with Crippen molar-refractivity contribution < 1.29 is 31.4 Å². The van der Waals surface area contributed by atoms with Crippen LogP contribution < -0.4 is 5.19 Å². The topological polar surface area (TPSA) is 63.1 Å². The van der Waals surface area contributed by atoms with Crippen LogP contribution in [0.3, 0.4) is 0 Å². The molecule has 1 saturated carbocycles. The Morgan fingerprint density at radius 3 is 2.07 bits per heavy atom. The summed E-state index contributed by atoms with van der Waals surface area (Å²) >= 11 is 1.78. The van der Waals surface area contributed by atoms with Gasteiger partial charge in [-0.15, -0.1) is 40.1 Å². The van der Waals surface area contributed by atoms with Crippen LogP contribution in [0.15, 0.2) is 66.7 Å². The number of hydrogen-bond acceptors (Lipinski definition) is 5. The van der Waals surface area contributed by atoms with E-state index in [1.807, 2.05) is 0 Å². The number of aliphatic hydroxyl groups is 1. The summed E-state index contributed by atoms with van der Waals surface area (Å²) in [6.07, 6.45) is 8.22. The van der Waals surface area contributed by atoms with E-state index in [4.69, 9.17) is 6.35 Å². The Balaban J connectivity index is 0.000000309. The molecule has 2 aromatic heterocycles. The molecule has 1 N–H and O–H groups in total. The number of carbonyl (C=O) groups is 1. The summed E-state index contributed by atoms with van der Waals surface area (Å²) in [6.45, 7) is 23.7. The Kier molecular flexibility index (Phi) is 16.1. The molecule has 0 bridgehead atoms. The van der Waals surface area contributed by atoms with Crippen LogP contribution in [-0.2, 0) is 31.3 Å². The van der Waals surface area contributed by atoms with Crippen LogP contribution >= 0.6 is 11.3 Å². The molecule has 7 heteroatoms. The van der Waals surface area contributed by atoms with Crippen LogP contribution in [0.25, 0.3) is 42.3 Å². The minimum Gasteiger partial charge on any atom is -0.512 e.